The third-order valence-electron chi connectivity index (χ3n) is 3.82. The van der Waals surface area contributed by atoms with Gasteiger partial charge in [-0.2, -0.15) is 0 Å². The van der Waals surface area contributed by atoms with Crippen LogP contribution in [0.3, 0.4) is 0 Å². The molecule has 110 valence electrons. The summed E-state index contributed by atoms with van der Waals surface area (Å²) in [6.07, 6.45) is 0.483. The summed E-state index contributed by atoms with van der Waals surface area (Å²) >= 11 is 0. The molecule has 1 fully saturated rings. The molecule has 1 saturated heterocycles. The summed E-state index contributed by atoms with van der Waals surface area (Å²) < 4.78 is 5.87. The summed E-state index contributed by atoms with van der Waals surface area (Å²) in [6, 6.07) is 7.93. The van der Waals surface area contributed by atoms with Crippen LogP contribution in [0.2, 0.25) is 0 Å². The Labute approximate surface area is 121 Å². The fourth-order valence-electron chi connectivity index (χ4n) is 2.44. The van der Waals surface area contributed by atoms with Crippen molar-refractivity contribution < 1.29 is 9.53 Å². The summed E-state index contributed by atoms with van der Waals surface area (Å²) in [5.41, 5.74) is 1.14. The Morgan fingerprint density at radius 1 is 1.25 bits per heavy atom. The van der Waals surface area contributed by atoms with Gasteiger partial charge in [-0.05, 0) is 32.0 Å². The molecular formula is C16H24N2O2. The number of carbonyl (C=O) groups is 1. The smallest absolute Gasteiger partial charge is 0.263 e. The van der Waals surface area contributed by atoms with E-state index in [1.165, 1.54) is 0 Å². The third-order valence-corrected chi connectivity index (χ3v) is 3.82. The van der Waals surface area contributed by atoms with E-state index < -0.39 is 6.10 Å². The van der Waals surface area contributed by atoms with Crippen molar-refractivity contribution in [1.29, 1.82) is 0 Å². The van der Waals surface area contributed by atoms with Crippen LogP contribution in [0.15, 0.2) is 24.3 Å². The SMILES string of the molecule is CCc1ccccc1OC(C)C(=O)N1CCN(C)CC1. The normalized spacial score (nSPS) is 17.9. The number of rotatable bonds is 4. The van der Waals surface area contributed by atoms with Crippen LogP contribution in [-0.4, -0.2) is 55.0 Å². The van der Waals surface area contributed by atoms with E-state index in [0.717, 1.165) is 43.9 Å². The molecule has 4 heteroatoms. The highest BCUT2D eigenvalue weighted by Gasteiger charge is 2.25. The van der Waals surface area contributed by atoms with Gasteiger partial charge in [0.2, 0.25) is 0 Å². The molecule has 0 aromatic heterocycles. The van der Waals surface area contributed by atoms with Gasteiger partial charge in [0, 0.05) is 26.2 Å². The average Bonchev–Trinajstić information content (AvgIpc) is 2.48. The molecule has 0 radical (unpaired) electrons. The number of benzene rings is 1. The molecule has 1 atom stereocenters. The van der Waals surface area contributed by atoms with Crippen LogP contribution in [0.5, 0.6) is 5.75 Å². The molecule has 1 aromatic rings. The van der Waals surface area contributed by atoms with E-state index in [0.29, 0.717) is 0 Å². The van der Waals surface area contributed by atoms with E-state index in [1.54, 1.807) is 0 Å². The van der Waals surface area contributed by atoms with Gasteiger partial charge in [-0.15, -0.1) is 0 Å². The van der Waals surface area contributed by atoms with Crippen molar-refractivity contribution in [2.75, 3.05) is 33.2 Å². The molecule has 20 heavy (non-hydrogen) atoms. The van der Waals surface area contributed by atoms with Gasteiger partial charge in [-0.25, -0.2) is 0 Å². The van der Waals surface area contributed by atoms with Gasteiger partial charge in [0.05, 0.1) is 0 Å². The van der Waals surface area contributed by atoms with E-state index in [2.05, 4.69) is 18.9 Å². The molecule has 4 nitrogen and oxygen atoms in total. The molecule has 0 N–H and O–H groups in total. The first-order valence-corrected chi connectivity index (χ1v) is 7.33. The lowest BCUT2D eigenvalue weighted by Crippen LogP contribution is -2.50. The number of para-hydroxylation sites is 1. The highest BCUT2D eigenvalue weighted by Crippen LogP contribution is 2.20. The number of nitrogens with zero attached hydrogens (tertiary/aromatic N) is 2. The van der Waals surface area contributed by atoms with Crippen LogP contribution >= 0.6 is 0 Å². The van der Waals surface area contributed by atoms with Crippen molar-refractivity contribution in [2.45, 2.75) is 26.4 Å². The lowest BCUT2D eigenvalue weighted by molar-refractivity contribution is -0.139. The molecule has 0 spiro atoms. The lowest BCUT2D eigenvalue weighted by Gasteiger charge is -2.34. The van der Waals surface area contributed by atoms with Gasteiger partial charge in [0.15, 0.2) is 6.10 Å². The summed E-state index contributed by atoms with van der Waals surface area (Å²) in [6.45, 7) is 7.38. The Balaban J connectivity index is 1.97. The summed E-state index contributed by atoms with van der Waals surface area (Å²) in [5, 5.41) is 0. The number of hydrogen-bond donors (Lipinski definition) is 0. The van der Waals surface area contributed by atoms with Crippen molar-refractivity contribution in [1.82, 2.24) is 9.80 Å². The second kappa shape index (κ2) is 6.75. The largest absolute Gasteiger partial charge is 0.481 e. The zero-order valence-corrected chi connectivity index (χ0v) is 12.6. The van der Waals surface area contributed by atoms with E-state index in [9.17, 15) is 4.79 Å². The number of aryl methyl sites for hydroxylation is 1. The zero-order chi connectivity index (χ0) is 14.5. The van der Waals surface area contributed by atoms with Crippen LogP contribution in [0, 0.1) is 0 Å². The molecule has 1 aromatic carbocycles. The Morgan fingerprint density at radius 3 is 2.55 bits per heavy atom. The summed E-state index contributed by atoms with van der Waals surface area (Å²) in [4.78, 5) is 16.5. The monoisotopic (exact) mass is 276 g/mol. The van der Waals surface area contributed by atoms with E-state index in [1.807, 2.05) is 36.1 Å². The van der Waals surface area contributed by atoms with Gasteiger partial charge in [0.25, 0.3) is 5.91 Å². The first kappa shape index (κ1) is 14.9. The average molecular weight is 276 g/mol. The second-order valence-electron chi connectivity index (χ2n) is 5.35. The Bertz CT molecular complexity index is 454. The maximum absolute atomic E-state index is 12.4. The van der Waals surface area contributed by atoms with Crippen molar-refractivity contribution in [3.63, 3.8) is 0 Å². The van der Waals surface area contributed by atoms with Gasteiger partial charge < -0.3 is 14.5 Å². The topological polar surface area (TPSA) is 32.8 Å². The van der Waals surface area contributed by atoms with Crippen molar-refractivity contribution in [3.8, 4) is 5.75 Å². The molecule has 0 aliphatic carbocycles. The molecule has 2 rings (SSSR count). The number of carbonyl (C=O) groups excluding carboxylic acids is 1. The second-order valence-corrected chi connectivity index (χ2v) is 5.35. The van der Waals surface area contributed by atoms with Gasteiger partial charge in [-0.1, -0.05) is 25.1 Å². The summed E-state index contributed by atoms with van der Waals surface area (Å²) in [7, 11) is 2.08. The predicted molar refractivity (Wildman–Crippen MR) is 80.0 cm³/mol. The number of amides is 1. The van der Waals surface area contributed by atoms with Crippen LogP contribution in [0.1, 0.15) is 19.4 Å². The van der Waals surface area contributed by atoms with Gasteiger partial charge in [-0.3, -0.25) is 4.79 Å². The highest BCUT2D eigenvalue weighted by molar-refractivity contribution is 5.81. The van der Waals surface area contributed by atoms with Crippen LogP contribution in [0.25, 0.3) is 0 Å². The van der Waals surface area contributed by atoms with Crippen molar-refractivity contribution in [3.05, 3.63) is 29.8 Å². The number of hydrogen-bond acceptors (Lipinski definition) is 3. The lowest BCUT2D eigenvalue weighted by atomic mass is 10.1. The van der Waals surface area contributed by atoms with Crippen LogP contribution in [-0.2, 0) is 11.2 Å². The van der Waals surface area contributed by atoms with Crippen LogP contribution in [0.4, 0.5) is 0 Å². The fourth-order valence-corrected chi connectivity index (χ4v) is 2.44. The Morgan fingerprint density at radius 2 is 1.90 bits per heavy atom. The highest BCUT2D eigenvalue weighted by atomic mass is 16.5. The van der Waals surface area contributed by atoms with Gasteiger partial charge in [0.1, 0.15) is 5.75 Å². The van der Waals surface area contributed by atoms with Crippen molar-refractivity contribution in [2.24, 2.45) is 0 Å². The molecule has 1 unspecified atom stereocenters. The standard InChI is InChI=1S/C16H24N2O2/c1-4-14-7-5-6-8-15(14)20-13(2)16(19)18-11-9-17(3)10-12-18/h5-8,13H,4,9-12H2,1-3H3. The van der Waals surface area contributed by atoms with E-state index in [-0.39, 0.29) is 5.91 Å². The quantitative estimate of drug-likeness (QED) is 0.840. The van der Waals surface area contributed by atoms with E-state index >= 15 is 0 Å². The molecule has 1 aliphatic heterocycles. The molecule has 1 aliphatic rings. The maximum atomic E-state index is 12.4. The first-order valence-electron chi connectivity index (χ1n) is 7.33. The molecule has 1 heterocycles. The molecule has 0 bridgehead atoms. The third kappa shape index (κ3) is 3.51. The number of likely N-dealkylation sites (N-methyl/N-ethyl adjacent to an activating group) is 1. The molecule has 0 saturated carbocycles. The van der Waals surface area contributed by atoms with Gasteiger partial charge >= 0.3 is 0 Å². The first-order chi connectivity index (χ1) is 9.61. The Hall–Kier alpha value is -1.55. The molecular weight excluding hydrogens is 252 g/mol. The fraction of sp³-hybridized carbons (Fsp3) is 0.562. The summed E-state index contributed by atoms with van der Waals surface area (Å²) in [5.74, 6) is 0.911. The minimum atomic E-state index is -0.425. The zero-order valence-electron chi connectivity index (χ0n) is 12.6. The molecule has 1 amide bonds. The maximum Gasteiger partial charge on any atom is 0.263 e. The van der Waals surface area contributed by atoms with Crippen LogP contribution < -0.4 is 4.74 Å². The Kier molecular flexibility index (Phi) is 5.01. The predicted octanol–water partition coefficient (Wildman–Crippen LogP) is 1.79. The van der Waals surface area contributed by atoms with Crippen molar-refractivity contribution >= 4 is 5.91 Å². The number of ether oxygens (including phenoxy) is 1. The number of piperazine rings is 1. The van der Waals surface area contributed by atoms with E-state index in [4.69, 9.17) is 4.74 Å². The minimum absolute atomic E-state index is 0.0870. The minimum Gasteiger partial charge on any atom is -0.481 e.